The fraction of sp³-hybridized carbons (Fsp3) is 0.524. The minimum Gasteiger partial charge on any atom is -0.361 e. The molecule has 2 bridgehead atoms. The van der Waals surface area contributed by atoms with Crippen molar-refractivity contribution in [3.8, 4) is 0 Å². The molecule has 3 fully saturated rings. The Hall–Kier alpha value is -2.70. The van der Waals surface area contributed by atoms with Gasteiger partial charge < -0.3 is 14.3 Å². The van der Waals surface area contributed by atoms with Crippen LogP contribution in [0.2, 0.25) is 0 Å². The predicted octanol–water partition coefficient (Wildman–Crippen LogP) is 2.51. The lowest BCUT2D eigenvalue weighted by atomic mass is 9.93. The second kappa shape index (κ2) is 7.37. The van der Waals surface area contributed by atoms with Gasteiger partial charge in [0.2, 0.25) is 5.91 Å². The summed E-state index contributed by atoms with van der Waals surface area (Å²) in [5.74, 6) is 0.731. The molecule has 2 aromatic rings. The zero-order valence-corrected chi connectivity index (χ0v) is 16.6. The number of piperidine rings is 1. The molecule has 2 aromatic heterocycles. The number of pyridine rings is 1. The first-order valence-corrected chi connectivity index (χ1v) is 9.94. The maximum Gasteiger partial charge on any atom is 0.254 e. The Morgan fingerprint density at radius 2 is 2.11 bits per heavy atom. The van der Waals surface area contributed by atoms with Gasteiger partial charge in [-0.25, -0.2) is 0 Å². The Morgan fingerprint density at radius 1 is 1.29 bits per heavy atom. The standard InChI is InChI=1S/C21H26N4O3/c1-4-17-9-15(7-8-22-17)20(26)24-10-16-5-6-18(11-24)25(21(16)27)12-19-13(2)23-28-14(19)3/h7-9,16,18H,4-6,10-12H2,1-3H3/t16-,18+/m0/s1. The first-order chi connectivity index (χ1) is 13.5. The summed E-state index contributed by atoms with van der Waals surface area (Å²) in [6.45, 7) is 7.34. The molecule has 2 atom stereocenters. The number of hydrogen-bond acceptors (Lipinski definition) is 5. The van der Waals surface area contributed by atoms with Gasteiger partial charge in [0.25, 0.3) is 5.91 Å². The molecule has 3 saturated heterocycles. The van der Waals surface area contributed by atoms with E-state index in [2.05, 4.69) is 10.1 Å². The van der Waals surface area contributed by atoms with E-state index in [-0.39, 0.29) is 23.8 Å². The maximum absolute atomic E-state index is 13.1. The smallest absolute Gasteiger partial charge is 0.254 e. The molecule has 3 aliphatic heterocycles. The van der Waals surface area contributed by atoms with E-state index >= 15 is 0 Å². The van der Waals surface area contributed by atoms with Crippen molar-refractivity contribution in [2.24, 2.45) is 5.92 Å². The van der Waals surface area contributed by atoms with Gasteiger partial charge in [-0.1, -0.05) is 12.1 Å². The van der Waals surface area contributed by atoms with Crippen molar-refractivity contribution in [1.29, 1.82) is 0 Å². The number of amides is 2. The Bertz CT molecular complexity index is 887. The lowest BCUT2D eigenvalue weighted by molar-refractivity contribution is -0.140. The number of carbonyl (C=O) groups excluding carboxylic acids is 2. The summed E-state index contributed by atoms with van der Waals surface area (Å²) in [5.41, 5.74) is 3.35. The topological polar surface area (TPSA) is 79.5 Å². The minimum atomic E-state index is -0.143. The van der Waals surface area contributed by atoms with Crippen LogP contribution in [0.25, 0.3) is 0 Å². The molecule has 0 N–H and O–H groups in total. The lowest BCUT2D eigenvalue weighted by Gasteiger charge is -2.35. The number of aromatic nitrogens is 2. The molecule has 3 aliphatic rings. The van der Waals surface area contributed by atoms with Crippen LogP contribution in [0.5, 0.6) is 0 Å². The average molecular weight is 382 g/mol. The molecule has 0 saturated carbocycles. The van der Waals surface area contributed by atoms with Crippen molar-refractivity contribution in [3.63, 3.8) is 0 Å². The summed E-state index contributed by atoms with van der Waals surface area (Å²) < 4.78 is 5.26. The van der Waals surface area contributed by atoms with Crippen LogP contribution in [0.4, 0.5) is 0 Å². The van der Waals surface area contributed by atoms with Gasteiger partial charge in [0.15, 0.2) is 0 Å². The fourth-order valence-corrected chi connectivity index (χ4v) is 4.30. The number of carbonyl (C=O) groups is 2. The molecule has 28 heavy (non-hydrogen) atoms. The highest BCUT2D eigenvalue weighted by atomic mass is 16.5. The van der Waals surface area contributed by atoms with Crippen LogP contribution in [0, 0.1) is 19.8 Å². The molecule has 7 heteroatoms. The molecule has 5 rings (SSSR count). The average Bonchev–Trinajstić information content (AvgIpc) is 2.88. The van der Waals surface area contributed by atoms with E-state index in [9.17, 15) is 9.59 Å². The zero-order valence-electron chi connectivity index (χ0n) is 16.6. The first-order valence-electron chi connectivity index (χ1n) is 9.94. The van der Waals surface area contributed by atoms with E-state index in [1.54, 1.807) is 12.3 Å². The number of fused-ring (bicyclic) bond motifs is 4. The van der Waals surface area contributed by atoms with Crippen molar-refractivity contribution < 1.29 is 14.1 Å². The molecular formula is C21H26N4O3. The largest absolute Gasteiger partial charge is 0.361 e. The fourth-order valence-electron chi connectivity index (χ4n) is 4.30. The van der Waals surface area contributed by atoms with Crippen LogP contribution in [0.3, 0.4) is 0 Å². The summed E-state index contributed by atoms with van der Waals surface area (Å²) >= 11 is 0. The lowest BCUT2D eigenvalue weighted by Crippen LogP contribution is -2.47. The van der Waals surface area contributed by atoms with Crippen molar-refractivity contribution in [1.82, 2.24) is 19.9 Å². The van der Waals surface area contributed by atoms with E-state index in [0.717, 1.165) is 42.0 Å². The summed E-state index contributed by atoms with van der Waals surface area (Å²) in [4.78, 5) is 34.3. The quantitative estimate of drug-likeness (QED) is 0.812. The van der Waals surface area contributed by atoms with Crippen molar-refractivity contribution in [3.05, 3.63) is 46.6 Å². The van der Waals surface area contributed by atoms with Crippen LogP contribution < -0.4 is 0 Å². The van der Waals surface area contributed by atoms with Gasteiger partial charge >= 0.3 is 0 Å². The normalized spacial score (nSPS) is 21.9. The number of hydrogen-bond donors (Lipinski definition) is 0. The van der Waals surface area contributed by atoms with Gasteiger partial charge in [0.1, 0.15) is 5.76 Å². The highest BCUT2D eigenvalue weighted by Crippen LogP contribution is 2.32. The van der Waals surface area contributed by atoms with E-state index in [1.165, 1.54) is 0 Å². The van der Waals surface area contributed by atoms with Crippen LogP contribution in [0.15, 0.2) is 22.9 Å². The van der Waals surface area contributed by atoms with Crippen LogP contribution in [-0.4, -0.2) is 50.9 Å². The first kappa shape index (κ1) is 18.7. The molecule has 0 spiro atoms. The molecule has 0 aromatic carbocycles. The molecule has 2 amide bonds. The second-order valence-electron chi connectivity index (χ2n) is 7.80. The third-order valence-corrected chi connectivity index (χ3v) is 6.02. The Morgan fingerprint density at radius 3 is 2.82 bits per heavy atom. The van der Waals surface area contributed by atoms with Crippen LogP contribution >= 0.6 is 0 Å². The number of nitrogens with zero attached hydrogens (tertiary/aromatic N) is 4. The summed E-state index contributed by atoms with van der Waals surface area (Å²) in [7, 11) is 0. The predicted molar refractivity (Wildman–Crippen MR) is 103 cm³/mol. The van der Waals surface area contributed by atoms with Gasteiger partial charge in [0.05, 0.1) is 18.2 Å². The van der Waals surface area contributed by atoms with E-state index < -0.39 is 0 Å². The SMILES string of the molecule is CCc1cc(C(=O)N2C[C@@H]3CC[C@H](C2)N(Cc2c(C)noc2C)C3=O)ccn1. The third kappa shape index (κ3) is 3.30. The van der Waals surface area contributed by atoms with Crippen molar-refractivity contribution >= 4 is 11.8 Å². The van der Waals surface area contributed by atoms with E-state index in [0.29, 0.717) is 25.2 Å². The van der Waals surface area contributed by atoms with Crippen molar-refractivity contribution in [2.75, 3.05) is 13.1 Å². The molecule has 0 aliphatic carbocycles. The summed E-state index contributed by atoms with van der Waals surface area (Å²) in [6, 6.07) is 3.65. The Kier molecular flexibility index (Phi) is 4.91. The highest BCUT2D eigenvalue weighted by Gasteiger charge is 2.42. The van der Waals surface area contributed by atoms with Gasteiger partial charge in [-0.3, -0.25) is 14.6 Å². The van der Waals surface area contributed by atoms with Gasteiger partial charge in [-0.05, 0) is 45.2 Å². The molecule has 0 radical (unpaired) electrons. The van der Waals surface area contributed by atoms with E-state index in [1.807, 2.05) is 36.6 Å². The van der Waals surface area contributed by atoms with E-state index in [4.69, 9.17) is 4.52 Å². The third-order valence-electron chi connectivity index (χ3n) is 6.02. The molecule has 5 heterocycles. The minimum absolute atomic E-state index is 0.0130. The highest BCUT2D eigenvalue weighted by molar-refractivity contribution is 5.95. The number of aryl methyl sites for hydroxylation is 3. The summed E-state index contributed by atoms with van der Waals surface area (Å²) in [5, 5.41) is 4.01. The number of rotatable bonds is 4. The zero-order chi connectivity index (χ0) is 19.8. The summed E-state index contributed by atoms with van der Waals surface area (Å²) in [6.07, 6.45) is 4.23. The maximum atomic E-state index is 13.1. The van der Waals surface area contributed by atoms with Gasteiger partial charge in [0, 0.05) is 42.1 Å². The molecular weight excluding hydrogens is 356 g/mol. The Balaban J connectivity index is 1.57. The Labute approximate surface area is 164 Å². The monoisotopic (exact) mass is 382 g/mol. The van der Waals surface area contributed by atoms with Crippen LogP contribution in [-0.2, 0) is 17.8 Å². The molecule has 148 valence electrons. The van der Waals surface area contributed by atoms with Gasteiger partial charge in [-0.2, -0.15) is 0 Å². The molecule has 7 nitrogen and oxygen atoms in total. The second-order valence-corrected chi connectivity index (χ2v) is 7.80. The van der Waals surface area contributed by atoms with Crippen LogP contribution in [0.1, 0.15) is 52.8 Å². The van der Waals surface area contributed by atoms with Crippen molar-refractivity contribution in [2.45, 2.75) is 52.6 Å². The van der Waals surface area contributed by atoms with Gasteiger partial charge in [-0.15, -0.1) is 0 Å². The molecule has 0 unspecified atom stereocenters.